The third kappa shape index (κ3) is 1.43. The molecule has 1 atom stereocenters. The first kappa shape index (κ1) is 6.57. The van der Waals surface area contributed by atoms with Crippen molar-refractivity contribution in [2.75, 3.05) is 0 Å². The first-order valence-electron chi connectivity index (χ1n) is 2.85. The van der Waals surface area contributed by atoms with Crippen LogP contribution in [0.25, 0.3) is 0 Å². The van der Waals surface area contributed by atoms with Gasteiger partial charge in [-0.3, -0.25) is 0 Å². The maximum absolute atomic E-state index is 10.4. The van der Waals surface area contributed by atoms with Crippen molar-refractivity contribution in [3.8, 4) is 0 Å². The van der Waals surface area contributed by atoms with Gasteiger partial charge in [0, 0.05) is 5.30 Å². The highest BCUT2D eigenvalue weighted by Crippen LogP contribution is 2.00. The molecule has 0 amide bonds. The molecule has 48 valence electrons. The van der Waals surface area contributed by atoms with Crippen molar-refractivity contribution in [3.05, 3.63) is 29.8 Å². The molecule has 0 saturated heterocycles. The molecule has 1 unspecified atom stereocenters. The van der Waals surface area contributed by atoms with Gasteiger partial charge in [-0.2, -0.15) is 0 Å². The van der Waals surface area contributed by atoms with E-state index in [1.165, 1.54) is 0 Å². The van der Waals surface area contributed by atoms with Crippen molar-refractivity contribution < 1.29 is 4.57 Å². The maximum Gasteiger partial charge on any atom is 0.0923 e. The first-order chi connectivity index (χ1) is 4.34. The number of aryl methyl sites for hydroxylation is 1. The van der Waals surface area contributed by atoms with Gasteiger partial charge in [-0.1, -0.05) is 24.3 Å². The molecule has 0 aromatic heterocycles. The minimum atomic E-state index is -0.754. The van der Waals surface area contributed by atoms with E-state index < -0.39 is 8.46 Å². The number of benzene rings is 1. The van der Waals surface area contributed by atoms with E-state index in [1.807, 2.05) is 31.2 Å². The third-order valence-electron chi connectivity index (χ3n) is 1.32. The van der Waals surface area contributed by atoms with Gasteiger partial charge >= 0.3 is 0 Å². The summed E-state index contributed by atoms with van der Waals surface area (Å²) in [4.78, 5) is 0. The van der Waals surface area contributed by atoms with E-state index in [2.05, 4.69) is 0 Å². The van der Waals surface area contributed by atoms with Gasteiger partial charge in [0.1, 0.15) is 0 Å². The fraction of sp³-hybridized carbons (Fsp3) is 0.143. The molecule has 1 nitrogen and oxygen atoms in total. The minimum absolute atomic E-state index is 0.754. The van der Waals surface area contributed by atoms with Crippen LogP contribution in [0.15, 0.2) is 24.3 Å². The Bertz CT molecular complexity index is 220. The summed E-state index contributed by atoms with van der Waals surface area (Å²) in [5, 5.41) is 0.984. The van der Waals surface area contributed by atoms with Crippen LogP contribution in [0.4, 0.5) is 0 Å². The average molecular weight is 140 g/mol. The van der Waals surface area contributed by atoms with Gasteiger partial charge in [0.15, 0.2) is 0 Å². The normalized spacial score (nSPS) is 10.8. The summed E-state index contributed by atoms with van der Waals surface area (Å²) < 4.78 is 10.4. The molecule has 9 heavy (non-hydrogen) atoms. The second-order valence-corrected chi connectivity index (χ2v) is 2.83. The molecule has 0 N–H and O–H groups in total. The molecule has 0 fully saturated rings. The molecule has 0 aliphatic carbocycles. The zero-order chi connectivity index (χ0) is 6.69. The summed E-state index contributed by atoms with van der Waals surface area (Å²) in [5.74, 6) is 0. The molecule has 1 aromatic carbocycles. The van der Waals surface area contributed by atoms with Gasteiger partial charge in [-0.15, -0.1) is 0 Å². The van der Waals surface area contributed by atoms with E-state index in [9.17, 15) is 4.57 Å². The van der Waals surface area contributed by atoms with Gasteiger partial charge in [0.2, 0.25) is 0 Å². The number of hydrogen-bond donors (Lipinski definition) is 0. The summed E-state index contributed by atoms with van der Waals surface area (Å²) in [6.07, 6.45) is 0. The topological polar surface area (TPSA) is 17.1 Å². The standard InChI is InChI=1S/C7H9OP/c1-6-4-2-3-5-7(6)9-8/h2-5H,9H2,1H3. The summed E-state index contributed by atoms with van der Waals surface area (Å²) in [7, 11) is -0.754. The highest BCUT2D eigenvalue weighted by molar-refractivity contribution is 7.34. The summed E-state index contributed by atoms with van der Waals surface area (Å²) in [5.41, 5.74) is 1.13. The summed E-state index contributed by atoms with van der Waals surface area (Å²) >= 11 is 0. The molecule has 0 saturated carbocycles. The molecule has 1 rings (SSSR count). The van der Waals surface area contributed by atoms with Crippen molar-refractivity contribution in [2.24, 2.45) is 0 Å². The second-order valence-electron chi connectivity index (χ2n) is 1.97. The van der Waals surface area contributed by atoms with E-state index in [1.54, 1.807) is 0 Å². The van der Waals surface area contributed by atoms with Gasteiger partial charge in [-0.05, 0) is 12.5 Å². The minimum Gasteiger partial charge on any atom is -0.325 e. The number of rotatable bonds is 1. The second kappa shape index (κ2) is 2.84. The van der Waals surface area contributed by atoms with Crippen LogP contribution in [0.5, 0.6) is 0 Å². The molecule has 0 heterocycles. The lowest BCUT2D eigenvalue weighted by Gasteiger charge is -1.93. The van der Waals surface area contributed by atoms with Crippen LogP contribution in [0.1, 0.15) is 5.56 Å². The Morgan fingerprint density at radius 1 is 1.33 bits per heavy atom. The lowest BCUT2D eigenvalue weighted by molar-refractivity contribution is 0.603. The summed E-state index contributed by atoms with van der Waals surface area (Å²) in [6.45, 7) is 1.97. The fourth-order valence-corrected chi connectivity index (χ4v) is 1.19. The van der Waals surface area contributed by atoms with Crippen molar-refractivity contribution in [2.45, 2.75) is 6.92 Å². The molecule has 0 aliphatic heterocycles. The van der Waals surface area contributed by atoms with Gasteiger partial charge in [0.25, 0.3) is 0 Å². The van der Waals surface area contributed by atoms with E-state index in [0.717, 1.165) is 10.9 Å². The molecule has 2 heteroatoms. The lowest BCUT2D eigenvalue weighted by Crippen LogP contribution is -1.94. The molecule has 0 spiro atoms. The zero-order valence-corrected chi connectivity index (χ0v) is 6.45. The highest BCUT2D eigenvalue weighted by atomic mass is 31.1. The Morgan fingerprint density at radius 2 is 2.00 bits per heavy atom. The SMILES string of the molecule is Cc1ccccc1[PH2]=O. The van der Waals surface area contributed by atoms with Crippen molar-refractivity contribution >= 4 is 13.8 Å². The maximum atomic E-state index is 10.4. The molecular formula is C7H9OP. The number of hydrogen-bond acceptors (Lipinski definition) is 1. The molecule has 1 aromatic rings. The van der Waals surface area contributed by atoms with E-state index in [4.69, 9.17) is 0 Å². The molecule has 0 radical (unpaired) electrons. The Kier molecular flexibility index (Phi) is 2.07. The van der Waals surface area contributed by atoms with Crippen molar-refractivity contribution in [3.63, 3.8) is 0 Å². The molecular weight excluding hydrogens is 131 g/mol. The smallest absolute Gasteiger partial charge is 0.0923 e. The van der Waals surface area contributed by atoms with Crippen LogP contribution in [-0.4, -0.2) is 0 Å². The van der Waals surface area contributed by atoms with Crippen molar-refractivity contribution in [1.29, 1.82) is 0 Å². The third-order valence-corrected chi connectivity index (χ3v) is 2.22. The fourth-order valence-electron chi connectivity index (χ4n) is 0.719. The average Bonchev–Trinajstić information content (AvgIpc) is 1.89. The quantitative estimate of drug-likeness (QED) is 0.538. The van der Waals surface area contributed by atoms with Gasteiger partial charge in [0.05, 0.1) is 8.46 Å². The highest BCUT2D eigenvalue weighted by Gasteiger charge is 1.89. The van der Waals surface area contributed by atoms with Gasteiger partial charge < -0.3 is 4.57 Å². The zero-order valence-electron chi connectivity index (χ0n) is 5.29. The Hall–Kier alpha value is -0.550. The predicted molar refractivity (Wildman–Crippen MR) is 41.2 cm³/mol. The Morgan fingerprint density at radius 3 is 2.44 bits per heavy atom. The van der Waals surface area contributed by atoms with E-state index in [0.29, 0.717) is 0 Å². The largest absolute Gasteiger partial charge is 0.325 e. The van der Waals surface area contributed by atoms with Crippen molar-refractivity contribution in [1.82, 2.24) is 0 Å². The Labute approximate surface area is 55.9 Å². The van der Waals surface area contributed by atoms with Crippen LogP contribution >= 0.6 is 8.46 Å². The Balaban J connectivity index is 3.15. The first-order valence-corrected chi connectivity index (χ1v) is 3.90. The van der Waals surface area contributed by atoms with Crippen LogP contribution in [0, 0.1) is 6.92 Å². The van der Waals surface area contributed by atoms with E-state index >= 15 is 0 Å². The lowest BCUT2D eigenvalue weighted by atomic mass is 10.2. The molecule has 0 bridgehead atoms. The van der Waals surface area contributed by atoms with Crippen LogP contribution in [-0.2, 0) is 4.57 Å². The van der Waals surface area contributed by atoms with Crippen LogP contribution in [0.3, 0.4) is 0 Å². The summed E-state index contributed by atoms with van der Waals surface area (Å²) in [6, 6.07) is 7.74. The van der Waals surface area contributed by atoms with Crippen LogP contribution in [0.2, 0.25) is 0 Å². The van der Waals surface area contributed by atoms with Gasteiger partial charge in [-0.25, -0.2) is 0 Å². The van der Waals surface area contributed by atoms with Crippen LogP contribution < -0.4 is 5.30 Å². The monoisotopic (exact) mass is 140 g/mol. The molecule has 0 aliphatic rings. The predicted octanol–water partition coefficient (Wildman–Crippen LogP) is 1.38. The van der Waals surface area contributed by atoms with E-state index in [-0.39, 0.29) is 0 Å².